The Kier molecular flexibility index (Phi) is 5.39. The van der Waals surface area contributed by atoms with Crippen LogP contribution in [0.4, 0.5) is 4.39 Å². The van der Waals surface area contributed by atoms with Crippen LogP contribution in [-0.2, 0) is 6.42 Å². The number of hydrogen-bond acceptors (Lipinski definition) is 2. The Bertz CT molecular complexity index is 445. The topological polar surface area (TPSA) is 38.0 Å². The fraction of sp³-hybridized carbons (Fsp3) is 0.667. The number of benzene rings is 1. The van der Waals surface area contributed by atoms with E-state index in [9.17, 15) is 4.39 Å². The summed E-state index contributed by atoms with van der Waals surface area (Å²) in [4.78, 5) is 0. The van der Waals surface area contributed by atoms with Crippen LogP contribution in [0.15, 0.2) is 24.3 Å². The third kappa shape index (κ3) is 4.27. The van der Waals surface area contributed by atoms with Crippen LogP contribution >= 0.6 is 0 Å². The fourth-order valence-corrected chi connectivity index (χ4v) is 3.65. The van der Waals surface area contributed by atoms with Crippen molar-refractivity contribution in [2.24, 2.45) is 23.1 Å². The van der Waals surface area contributed by atoms with Crippen LogP contribution in [0.1, 0.15) is 52.0 Å². The van der Waals surface area contributed by atoms with E-state index in [1.54, 1.807) is 6.07 Å². The highest BCUT2D eigenvalue weighted by molar-refractivity contribution is 5.18. The van der Waals surface area contributed by atoms with Crippen LogP contribution in [0.2, 0.25) is 0 Å². The third-order valence-corrected chi connectivity index (χ3v) is 5.18. The highest BCUT2D eigenvalue weighted by Gasteiger charge is 2.32. The molecule has 1 saturated carbocycles. The van der Waals surface area contributed by atoms with E-state index >= 15 is 0 Å². The van der Waals surface area contributed by atoms with Gasteiger partial charge in [0, 0.05) is 6.04 Å². The maximum absolute atomic E-state index is 13.8. The highest BCUT2D eigenvalue weighted by atomic mass is 19.1. The molecule has 0 radical (unpaired) electrons. The minimum atomic E-state index is -0.124. The second kappa shape index (κ2) is 6.89. The molecule has 2 nitrogen and oxygen atoms in total. The summed E-state index contributed by atoms with van der Waals surface area (Å²) in [6.45, 7) is 6.99. The Balaban J connectivity index is 1.96. The van der Waals surface area contributed by atoms with Gasteiger partial charge in [0.2, 0.25) is 0 Å². The van der Waals surface area contributed by atoms with E-state index < -0.39 is 0 Å². The van der Waals surface area contributed by atoms with Crippen molar-refractivity contribution in [3.8, 4) is 0 Å². The Hall–Kier alpha value is -0.930. The summed E-state index contributed by atoms with van der Waals surface area (Å²) in [5.41, 5.74) is 4.09. The van der Waals surface area contributed by atoms with Gasteiger partial charge in [0.05, 0.1) is 0 Å². The zero-order valence-electron chi connectivity index (χ0n) is 13.5. The number of hydrogen-bond donors (Lipinski definition) is 2. The molecule has 0 aliphatic heterocycles. The van der Waals surface area contributed by atoms with E-state index in [0.717, 1.165) is 11.5 Å². The van der Waals surface area contributed by atoms with Gasteiger partial charge in [-0.2, -0.15) is 0 Å². The van der Waals surface area contributed by atoms with Gasteiger partial charge in [-0.05, 0) is 61.0 Å². The van der Waals surface area contributed by atoms with Crippen LogP contribution in [0, 0.1) is 23.1 Å². The summed E-state index contributed by atoms with van der Waals surface area (Å²) in [7, 11) is 0. The van der Waals surface area contributed by atoms with Crippen molar-refractivity contribution in [2.45, 2.75) is 58.9 Å². The molecule has 3 N–H and O–H groups in total. The molecule has 0 heterocycles. The first-order valence-electron chi connectivity index (χ1n) is 8.11. The van der Waals surface area contributed by atoms with Crippen molar-refractivity contribution in [1.29, 1.82) is 0 Å². The first-order valence-corrected chi connectivity index (χ1v) is 8.11. The number of halogens is 1. The zero-order chi connectivity index (χ0) is 15.5. The standard InChI is InChI=1S/C18H29FN2/c1-18(2,3)15-10-8-13(9-11-15)17(21-20)12-14-6-4-5-7-16(14)19/h4-7,13,15,17,21H,8-12,20H2,1-3H3. The number of nitrogens with two attached hydrogens (primary N) is 1. The van der Waals surface area contributed by atoms with Crippen LogP contribution < -0.4 is 11.3 Å². The molecule has 1 aromatic carbocycles. The van der Waals surface area contributed by atoms with Crippen molar-refractivity contribution < 1.29 is 4.39 Å². The zero-order valence-corrected chi connectivity index (χ0v) is 13.5. The van der Waals surface area contributed by atoms with Crippen LogP contribution in [0.3, 0.4) is 0 Å². The van der Waals surface area contributed by atoms with E-state index in [4.69, 9.17) is 5.84 Å². The molecule has 1 fully saturated rings. The van der Waals surface area contributed by atoms with E-state index in [2.05, 4.69) is 26.2 Å². The monoisotopic (exact) mass is 292 g/mol. The quantitative estimate of drug-likeness (QED) is 0.649. The maximum Gasteiger partial charge on any atom is 0.126 e. The molecule has 1 unspecified atom stereocenters. The second-order valence-corrected chi connectivity index (χ2v) is 7.55. The molecule has 21 heavy (non-hydrogen) atoms. The molecule has 1 aliphatic carbocycles. The van der Waals surface area contributed by atoms with Gasteiger partial charge in [-0.1, -0.05) is 39.0 Å². The molecular weight excluding hydrogens is 263 g/mol. The van der Waals surface area contributed by atoms with E-state index in [0.29, 0.717) is 17.8 Å². The summed E-state index contributed by atoms with van der Waals surface area (Å²) in [5.74, 6) is 6.97. The normalized spacial score (nSPS) is 24.8. The van der Waals surface area contributed by atoms with Crippen molar-refractivity contribution >= 4 is 0 Å². The largest absolute Gasteiger partial charge is 0.271 e. The first kappa shape index (κ1) is 16.4. The molecule has 2 rings (SSSR count). The molecule has 118 valence electrons. The van der Waals surface area contributed by atoms with Crippen LogP contribution in [0.5, 0.6) is 0 Å². The van der Waals surface area contributed by atoms with E-state index in [-0.39, 0.29) is 11.9 Å². The Morgan fingerprint density at radius 2 is 1.81 bits per heavy atom. The molecule has 0 spiro atoms. The van der Waals surface area contributed by atoms with Gasteiger partial charge in [-0.15, -0.1) is 0 Å². The number of rotatable bonds is 4. The summed E-state index contributed by atoms with van der Waals surface area (Å²) in [6.07, 6.45) is 5.55. The highest BCUT2D eigenvalue weighted by Crippen LogP contribution is 2.41. The molecule has 1 aromatic rings. The van der Waals surface area contributed by atoms with Gasteiger partial charge >= 0.3 is 0 Å². The lowest BCUT2D eigenvalue weighted by Crippen LogP contribution is -2.44. The maximum atomic E-state index is 13.8. The van der Waals surface area contributed by atoms with Crippen molar-refractivity contribution in [1.82, 2.24) is 5.43 Å². The van der Waals surface area contributed by atoms with Gasteiger partial charge in [-0.25, -0.2) is 4.39 Å². The summed E-state index contributed by atoms with van der Waals surface area (Å²) in [5, 5.41) is 0. The van der Waals surface area contributed by atoms with E-state index in [1.807, 2.05) is 12.1 Å². The molecule has 0 aromatic heterocycles. The van der Waals surface area contributed by atoms with Crippen molar-refractivity contribution in [3.05, 3.63) is 35.6 Å². The predicted molar refractivity (Wildman–Crippen MR) is 86.1 cm³/mol. The molecule has 0 saturated heterocycles. The molecule has 1 atom stereocenters. The van der Waals surface area contributed by atoms with Crippen molar-refractivity contribution in [3.63, 3.8) is 0 Å². The van der Waals surface area contributed by atoms with Crippen molar-refractivity contribution in [2.75, 3.05) is 0 Å². The van der Waals surface area contributed by atoms with E-state index in [1.165, 1.54) is 31.7 Å². The van der Waals surface area contributed by atoms with Gasteiger partial charge in [-0.3, -0.25) is 11.3 Å². The molecular formula is C18H29FN2. The van der Waals surface area contributed by atoms with Gasteiger partial charge < -0.3 is 0 Å². The summed E-state index contributed by atoms with van der Waals surface area (Å²) >= 11 is 0. The summed E-state index contributed by atoms with van der Waals surface area (Å²) in [6, 6.07) is 7.18. The second-order valence-electron chi connectivity index (χ2n) is 7.55. The number of hydrazine groups is 1. The average molecular weight is 292 g/mol. The average Bonchev–Trinajstić information content (AvgIpc) is 2.46. The first-order chi connectivity index (χ1) is 9.91. The minimum absolute atomic E-state index is 0.124. The number of nitrogens with one attached hydrogen (secondary N) is 1. The molecule has 3 heteroatoms. The fourth-order valence-electron chi connectivity index (χ4n) is 3.65. The summed E-state index contributed by atoms with van der Waals surface area (Å²) < 4.78 is 13.8. The lowest BCUT2D eigenvalue weighted by atomic mass is 9.68. The SMILES string of the molecule is CC(C)(C)C1CCC(C(Cc2ccccc2F)NN)CC1. The lowest BCUT2D eigenvalue weighted by Gasteiger charge is -2.39. The Labute approximate surface area is 128 Å². The van der Waals surface area contributed by atoms with Crippen LogP contribution in [0.25, 0.3) is 0 Å². The van der Waals surface area contributed by atoms with Gasteiger partial charge in [0.25, 0.3) is 0 Å². The predicted octanol–water partition coefficient (Wildman–Crippen LogP) is 4.05. The molecule has 0 amide bonds. The smallest absolute Gasteiger partial charge is 0.126 e. The minimum Gasteiger partial charge on any atom is -0.271 e. The molecule has 0 bridgehead atoms. The molecule has 1 aliphatic rings. The van der Waals surface area contributed by atoms with Gasteiger partial charge in [0.1, 0.15) is 5.82 Å². The van der Waals surface area contributed by atoms with Crippen LogP contribution in [-0.4, -0.2) is 6.04 Å². The van der Waals surface area contributed by atoms with Gasteiger partial charge in [0.15, 0.2) is 0 Å². The lowest BCUT2D eigenvalue weighted by molar-refractivity contribution is 0.132. The Morgan fingerprint density at radius 3 is 2.33 bits per heavy atom. The Morgan fingerprint density at radius 1 is 1.19 bits per heavy atom. The third-order valence-electron chi connectivity index (χ3n) is 5.18.